The summed E-state index contributed by atoms with van der Waals surface area (Å²) in [6, 6.07) is 9.70. The minimum absolute atomic E-state index is 0.0115. The number of rotatable bonds is 2. The molecule has 0 amide bonds. The van der Waals surface area contributed by atoms with E-state index in [1.165, 1.54) is 0 Å². The molecule has 0 aromatic heterocycles. The summed E-state index contributed by atoms with van der Waals surface area (Å²) in [4.78, 5) is 6.16. The van der Waals surface area contributed by atoms with Gasteiger partial charge in [-0.15, -0.1) is 0 Å². The molecule has 0 bridgehead atoms. The van der Waals surface area contributed by atoms with Gasteiger partial charge in [0, 0.05) is 6.21 Å². The fourth-order valence-electron chi connectivity index (χ4n) is 1.66. The van der Waals surface area contributed by atoms with Gasteiger partial charge >= 0.3 is 0 Å². The Kier molecular flexibility index (Phi) is 2.61. The van der Waals surface area contributed by atoms with Crippen LogP contribution in [-0.4, -0.2) is 36.0 Å². The third-order valence-corrected chi connectivity index (χ3v) is 2.54. The number of benzene rings is 1. The zero-order chi connectivity index (χ0) is 9.97. The van der Waals surface area contributed by atoms with Gasteiger partial charge in [0.05, 0.1) is 18.8 Å². The van der Waals surface area contributed by atoms with Crippen LogP contribution in [0.2, 0.25) is 0 Å². The molecule has 74 valence electrons. The standard InChI is InChI=1S/C11H14N2O/c1-13-8-12-7-10(13)11(14)9-5-3-2-4-6-9/h2-7,10-11,14H,8H2,1H3. The Morgan fingerprint density at radius 2 is 2.14 bits per heavy atom. The highest BCUT2D eigenvalue weighted by molar-refractivity contribution is 5.67. The number of hydrogen-bond donors (Lipinski definition) is 1. The fraction of sp³-hybridized carbons (Fsp3) is 0.364. The zero-order valence-corrected chi connectivity index (χ0v) is 8.17. The normalized spacial score (nSPS) is 24.0. The maximum atomic E-state index is 10.1. The first-order valence-corrected chi connectivity index (χ1v) is 4.72. The van der Waals surface area contributed by atoms with Crippen molar-refractivity contribution in [1.29, 1.82) is 0 Å². The van der Waals surface area contributed by atoms with Crippen LogP contribution in [0.4, 0.5) is 0 Å². The van der Waals surface area contributed by atoms with Crippen LogP contribution in [0.25, 0.3) is 0 Å². The molecule has 0 fully saturated rings. The van der Waals surface area contributed by atoms with E-state index in [9.17, 15) is 5.11 Å². The molecule has 0 aliphatic carbocycles. The van der Waals surface area contributed by atoms with Crippen molar-refractivity contribution in [3.05, 3.63) is 35.9 Å². The van der Waals surface area contributed by atoms with E-state index in [-0.39, 0.29) is 6.04 Å². The highest BCUT2D eigenvalue weighted by atomic mass is 16.3. The third-order valence-electron chi connectivity index (χ3n) is 2.54. The molecule has 0 spiro atoms. The molecule has 0 saturated carbocycles. The topological polar surface area (TPSA) is 35.8 Å². The molecule has 3 nitrogen and oxygen atoms in total. The summed E-state index contributed by atoms with van der Waals surface area (Å²) in [5, 5.41) is 10.1. The van der Waals surface area contributed by atoms with Crippen LogP contribution in [-0.2, 0) is 0 Å². The summed E-state index contributed by atoms with van der Waals surface area (Å²) < 4.78 is 0. The second-order valence-corrected chi connectivity index (χ2v) is 3.58. The van der Waals surface area contributed by atoms with Gasteiger partial charge < -0.3 is 5.11 Å². The smallest absolute Gasteiger partial charge is 0.0996 e. The van der Waals surface area contributed by atoms with Crippen LogP contribution >= 0.6 is 0 Å². The third kappa shape index (κ3) is 1.69. The molecule has 2 atom stereocenters. The number of likely N-dealkylation sites (N-methyl/N-ethyl adjacent to an activating group) is 1. The molecule has 2 unspecified atom stereocenters. The van der Waals surface area contributed by atoms with E-state index in [1.807, 2.05) is 48.5 Å². The molecule has 1 N–H and O–H groups in total. The first-order chi connectivity index (χ1) is 6.79. The molecule has 1 aliphatic heterocycles. The van der Waals surface area contributed by atoms with E-state index in [2.05, 4.69) is 4.99 Å². The van der Waals surface area contributed by atoms with Crippen LogP contribution < -0.4 is 0 Å². The number of aliphatic hydroxyl groups is 1. The van der Waals surface area contributed by atoms with Gasteiger partial charge in [0.25, 0.3) is 0 Å². The van der Waals surface area contributed by atoms with Gasteiger partial charge in [0.15, 0.2) is 0 Å². The van der Waals surface area contributed by atoms with E-state index >= 15 is 0 Å². The van der Waals surface area contributed by atoms with E-state index in [1.54, 1.807) is 0 Å². The first kappa shape index (κ1) is 9.37. The lowest BCUT2D eigenvalue weighted by atomic mass is 10.0. The molecule has 0 radical (unpaired) electrons. The highest BCUT2D eigenvalue weighted by Crippen LogP contribution is 2.20. The van der Waals surface area contributed by atoms with Gasteiger partial charge in [-0.25, -0.2) is 0 Å². The second kappa shape index (κ2) is 3.90. The summed E-state index contributed by atoms with van der Waals surface area (Å²) in [5.74, 6) is 0. The maximum absolute atomic E-state index is 10.1. The molecule has 1 aromatic carbocycles. The lowest BCUT2D eigenvalue weighted by molar-refractivity contribution is 0.109. The van der Waals surface area contributed by atoms with Crippen molar-refractivity contribution in [2.45, 2.75) is 12.1 Å². The second-order valence-electron chi connectivity index (χ2n) is 3.58. The predicted molar refractivity (Wildman–Crippen MR) is 56.3 cm³/mol. The van der Waals surface area contributed by atoms with Gasteiger partial charge in [-0.1, -0.05) is 30.3 Å². The Labute approximate surface area is 83.7 Å². The van der Waals surface area contributed by atoms with Crippen LogP contribution in [0, 0.1) is 0 Å². The van der Waals surface area contributed by atoms with E-state index < -0.39 is 6.10 Å². The molecule has 0 saturated heterocycles. The van der Waals surface area contributed by atoms with Gasteiger partial charge in [0.2, 0.25) is 0 Å². The van der Waals surface area contributed by atoms with Gasteiger partial charge in [0.1, 0.15) is 0 Å². The van der Waals surface area contributed by atoms with Crippen LogP contribution in [0.3, 0.4) is 0 Å². The van der Waals surface area contributed by atoms with Crippen molar-refractivity contribution in [2.75, 3.05) is 13.7 Å². The molecule has 14 heavy (non-hydrogen) atoms. The molecule has 1 aliphatic rings. The average Bonchev–Trinajstić information content (AvgIpc) is 2.65. The summed E-state index contributed by atoms with van der Waals surface area (Å²) >= 11 is 0. The minimum Gasteiger partial charge on any atom is -0.386 e. The molecule has 1 aromatic rings. The van der Waals surface area contributed by atoms with Crippen molar-refractivity contribution >= 4 is 6.21 Å². The summed E-state index contributed by atoms with van der Waals surface area (Å²) in [6.45, 7) is 0.675. The van der Waals surface area contributed by atoms with Crippen molar-refractivity contribution in [3.63, 3.8) is 0 Å². The zero-order valence-electron chi connectivity index (χ0n) is 8.17. The molecular weight excluding hydrogens is 176 g/mol. The SMILES string of the molecule is CN1CN=CC1C(O)c1ccccc1. The largest absolute Gasteiger partial charge is 0.386 e. The lowest BCUT2D eigenvalue weighted by Gasteiger charge is -2.23. The predicted octanol–water partition coefficient (Wildman–Crippen LogP) is 1.06. The van der Waals surface area contributed by atoms with Gasteiger partial charge in [-0.05, 0) is 12.6 Å². The van der Waals surface area contributed by atoms with Gasteiger partial charge in [-0.2, -0.15) is 0 Å². The van der Waals surface area contributed by atoms with Crippen LogP contribution in [0.5, 0.6) is 0 Å². The monoisotopic (exact) mass is 190 g/mol. The maximum Gasteiger partial charge on any atom is 0.0996 e. The van der Waals surface area contributed by atoms with E-state index in [0.717, 1.165) is 5.56 Å². The Morgan fingerprint density at radius 3 is 2.71 bits per heavy atom. The molecule has 1 heterocycles. The summed E-state index contributed by atoms with van der Waals surface area (Å²) in [7, 11) is 1.96. The quantitative estimate of drug-likeness (QED) is 0.757. The lowest BCUT2D eigenvalue weighted by Crippen LogP contribution is -2.33. The number of nitrogens with zero attached hydrogens (tertiary/aromatic N) is 2. The van der Waals surface area contributed by atoms with E-state index in [4.69, 9.17) is 0 Å². The Hall–Kier alpha value is -1.19. The number of aliphatic imine (C=N–C) groups is 1. The van der Waals surface area contributed by atoms with Crippen LogP contribution in [0.1, 0.15) is 11.7 Å². The highest BCUT2D eigenvalue weighted by Gasteiger charge is 2.25. The molecule has 2 rings (SSSR count). The Morgan fingerprint density at radius 1 is 1.43 bits per heavy atom. The summed E-state index contributed by atoms with van der Waals surface area (Å²) in [5.41, 5.74) is 0.942. The van der Waals surface area contributed by atoms with Crippen molar-refractivity contribution in [3.8, 4) is 0 Å². The van der Waals surface area contributed by atoms with Crippen LogP contribution in [0.15, 0.2) is 35.3 Å². The van der Waals surface area contributed by atoms with Gasteiger partial charge in [-0.3, -0.25) is 9.89 Å². The van der Waals surface area contributed by atoms with Crippen molar-refractivity contribution in [2.24, 2.45) is 4.99 Å². The first-order valence-electron chi connectivity index (χ1n) is 4.72. The Balaban J connectivity index is 2.16. The summed E-state index contributed by atoms with van der Waals surface area (Å²) in [6.07, 6.45) is 1.34. The number of hydrogen-bond acceptors (Lipinski definition) is 3. The van der Waals surface area contributed by atoms with Crippen molar-refractivity contribution < 1.29 is 5.11 Å². The molecular formula is C11H14N2O. The average molecular weight is 190 g/mol. The Bertz CT molecular complexity index is 323. The van der Waals surface area contributed by atoms with E-state index in [0.29, 0.717) is 6.67 Å². The molecule has 3 heteroatoms. The van der Waals surface area contributed by atoms with Crippen molar-refractivity contribution in [1.82, 2.24) is 4.90 Å². The minimum atomic E-state index is -0.479. The number of aliphatic hydroxyl groups excluding tert-OH is 1. The fourth-order valence-corrected chi connectivity index (χ4v) is 1.66.